The Kier molecular flexibility index (Phi) is 2.90. The molecule has 1 N–H and O–H groups in total. The van der Waals surface area contributed by atoms with E-state index in [0.29, 0.717) is 17.6 Å². The van der Waals surface area contributed by atoms with E-state index >= 15 is 0 Å². The van der Waals surface area contributed by atoms with Crippen LogP contribution in [0.1, 0.15) is 12.5 Å². The number of nitrogens with zero attached hydrogens (tertiary/aromatic N) is 3. The molecule has 0 spiro atoms. The average molecular weight is 321 g/mol. The van der Waals surface area contributed by atoms with Crippen molar-refractivity contribution >= 4 is 26.9 Å². The molecule has 0 bridgehead atoms. The van der Waals surface area contributed by atoms with Gasteiger partial charge in [0.15, 0.2) is 0 Å². The Morgan fingerprint density at radius 2 is 2.26 bits per heavy atom. The molecule has 6 nitrogen and oxygen atoms in total. The van der Waals surface area contributed by atoms with Crippen LogP contribution in [0.3, 0.4) is 0 Å². The van der Waals surface area contributed by atoms with Gasteiger partial charge in [0.1, 0.15) is 11.1 Å². The first kappa shape index (κ1) is 12.0. The zero-order valence-electron chi connectivity index (χ0n) is 9.98. The Morgan fingerprint density at radius 3 is 2.95 bits per heavy atom. The van der Waals surface area contributed by atoms with Crippen molar-refractivity contribution < 1.29 is 4.42 Å². The molecule has 3 aromatic rings. The van der Waals surface area contributed by atoms with Crippen LogP contribution >= 0.6 is 15.9 Å². The van der Waals surface area contributed by atoms with Crippen LogP contribution in [0.5, 0.6) is 0 Å². The van der Waals surface area contributed by atoms with Gasteiger partial charge in [-0.25, -0.2) is 4.79 Å². The van der Waals surface area contributed by atoms with Crippen LogP contribution in [0, 0.1) is 0 Å². The van der Waals surface area contributed by atoms with Gasteiger partial charge >= 0.3 is 5.63 Å². The molecule has 3 rings (SSSR count). The molecular weight excluding hydrogens is 312 g/mol. The van der Waals surface area contributed by atoms with Gasteiger partial charge in [-0.15, -0.1) is 10.2 Å². The third-order valence-corrected chi connectivity index (χ3v) is 3.39. The second-order valence-corrected chi connectivity index (χ2v) is 4.89. The summed E-state index contributed by atoms with van der Waals surface area (Å²) in [4.78, 5) is 12.1. The van der Waals surface area contributed by atoms with E-state index in [1.807, 2.05) is 19.1 Å². The average Bonchev–Trinajstić information content (AvgIpc) is 2.91. The molecule has 0 fully saturated rings. The maximum atomic E-state index is 12.1. The van der Waals surface area contributed by atoms with Gasteiger partial charge in [0.25, 0.3) is 0 Å². The Balaban J connectivity index is 2.45. The number of nitrogens with one attached hydrogen (secondary N) is 1. The minimum absolute atomic E-state index is 0.257. The van der Waals surface area contributed by atoms with Gasteiger partial charge in [-0.2, -0.15) is 5.21 Å². The van der Waals surface area contributed by atoms with Crippen molar-refractivity contribution in [2.75, 3.05) is 0 Å². The number of hydrogen-bond acceptors (Lipinski definition) is 5. The topological polar surface area (TPSA) is 84.7 Å². The second-order valence-electron chi connectivity index (χ2n) is 3.97. The highest BCUT2D eigenvalue weighted by Crippen LogP contribution is 2.27. The van der Waals surface area contributed by atoms with Gasteiger partial charge in [0, 0.05) is 9.86 Å². The van der Waals surface area contributed by atoms with Crippen LogP contribution in [-0.4, -0.2) is 20.6 Å². The highest BCUT2D eigenvalue weighted by atomic mass is 79.9. The number of aromatic amines is 1. The number of fused-ring (bicyclic) bond motifs is 1. The van der Waals surface area contributed by atoms with Crippen molar-refractivity contribution in [1.29, 1.82) is 0 Å². The van der Waals surface area contributed by atoms with Gasteiger partial charge in [0.2, 0.25) is 5.82 Å². The highest BCUT2D eigenvalue weighted by Gasteiger charge is 2.18. The number of halogens is 1. The molecular formula is C12H9BrN4O2. The van der Waals surface area contributed by atoms with E-state index in [9.17, 15) is 4.79 Å². The quantitative estimate of drug-likeness (QED) is 0.732. The lowest BCUT2D eigenvalue weighted by atomic mass is 10.0. The summed E-state index contributed by atoms with van der Waals surface area (Å²) >= 11 is 3.42. The molecule has 0 aliphatic carbocycles. The Hall–Kier alpha value is -2.02. The third kappa shape index (κ3) is 1.95. The molecule has 0 unspecified atom stereocenters. The van der Waals surface area contributed by atoms with E-state index in [-0.39, 0.29) is 5.82 Å². The summed E-state index contributed by atoms with van der Waals surface area (Å²) < 4.78 is 6.24. The lowest BCUT2D eigenvalue weighted by molar-refractivity contribution is 0.561. The molecule has 0 aliphatic heterocycles. The minimum Gasteiger partial charge on any atom is -0.422 e. The van der Waals surface area contributed by atoms with E-state index in [0.717, 1.165) is 15.4 Å². The van der Waals surface area contributed by atoms with Crippen molar-refractivity contribution in [2.24, 2.45) is 0 Å². The number of aromatic nitrogens is 4. The summed E-state index contributed by atoms with van der Waals surface area (Å²) in [6.45, 7) is 1.97. The predicted octanol–water partition coefficient (Wildman–Crippen LogP) is 2.30. The van der Waals surface area contributed by atoms with Crippen LogP contribution < -0.4 is 5.63 Å². The normalized spacial score (nSPS) is 11.1. The fraction of sp³-hybridized carbons (Fsp3) is 0.167. The summed E-state index contributed by atoms with van der Waals surface area (Å²) in [5, 5.41) is 14.4. The van der Waals surface area contributed by atoms with Crippen molar-refractivity contribution in [1.82, 2.24) is 20.6 Å². The first-order valence-electron chi connectivity index (χ1n) is 5.69. The van der Waals surface area contributed by atoms with E-state index < -0.39 is 5.63 Å². The number of aryl methyl sites for hydroxylation is 1. The Morgan fingerprint density at radius 1 is 1.42 bits per heavy atom. The van der Waals surface area contributed by atoms with Crippen LogP contribution in [0.2, 0.25) is 0 Å². The standard InChI is InChI=1S/C12H9BrN4O2/c1-2-7-8-5-6(13)3-4-9(8)19-12(18)10(7)11-14-16-17-15-11/h3-5H,2H2,1H3,(H,14,15,16,17). The van der Waals surface area contributed by atoms with Gasteiger partial charge < -0.3 is 4.42 Å². The summed E-state index contributed by atoms with van der Waals surface area (Å²) in [5.74, 6) is 0.257. The van der Waals surface area contributed by atoms with Crippen LogP contribution in [0.25, 0.3) is 22.4 Å². The van der Waals surface area contributed by atoms with E-state index in [1.54, 1.807) is 6.07 Å². The third-order valence-electron chi connectivity index (χ3n) is 2.90. The molecule has 0 amide bonds. The molecule has 0 radical (unpaired) electrons. The molecule has 96 valence electrons. The van der Waals surface area contributed by atoms with Crippen molar-refractivity contribution in [3.63, 3.8) is 0 Å². The fourth-order valence-corrected chi connectivity index (χ4v) is 2.46. The molecule has 0 aliphatic rings. The Bertz CT molecular complexity index is 795. The Labute approximate surface area is 116 Å². The number of hydrogen-bond donors (Lipinski definition) is 1. The van der Waals surface area contributed by atoms with Gasteiger partial charge in [-0.1, -0.05) is 22.9 Å². The lowest BCUT2D eigenvalue weighted by Gasteiger charge is -2.07. The van der Waals surface area contributed by atoms with Crippen LogP contribution in [-0.2, 0) is 6.42 Å². The monoisotopic (exact) mass is 320 g/mol. The maximum absolute atomic E-state index is 12.1. The predicted molar refractivity (Wildman–Crippen MR) is 72.7 cm³/mol. The molecule has 0 saturated heterocycles. The van der Waals surface area contributed by atoms with Gasteiger partial charge in [-0.05, 0) is 35.4 Å². The molecule has 2 heterocycles. The molecule has 1 aromatic carbocycles. The number of rotatable bonds is 2. The highest BCUT2D eigenvalue weighted by molar-refractivity contribution is 9.10. The SMILES string of the molecule is CCc1c(-c2nn[nH]n2)c(=O)oc2ccc(Br)cc12. The van der Waals surface area contributed by atoms with Crippen molar-refractivity contribution in [3.05, 3.63) is 38.7 Å². The second kappa shape index (κ2) is 4.58. The first-order valence-corrected chi connectivity index (χ1v) is 6.49. The zero-order chi connectivity index (χ0) is 13.4. The number of H-pyrrole nitrogens is 1. The largest absolute Gasteiger partial charge is 0.422 e. The van der Waals surface area contributed by atoms with Crippen molar-refractivity contribution in [3.8, 4) is 11.4 Å². The van der Waals surface area contributed by atoms with Gasteiger partial charge in [-0.3, -0.25) is 0 Å². The van der Waals surface area contributed by atoms with Gasteiger partial charge in [0.05, 0.1) is 0 Å². The lowest BCUT2D eigenvalue weighted by Crippen LogP contribution is -2.08. The van der Waals surface area contributed by atoms with E-state index in [2.05, 4.69) is 36.6 Å². The number of tetrazole rings is 1. The summed E-state index contributed by atoms with van der Waals surface area (Å²) in [6, 6.07) is 5.51. The van der Waals surface area contributed by atoms with E-state index in [1.165, 1.54) is 0 Å². The molecule has 0 atom stereocenters. The minimum atomic E-state index is -0.451. The molecule has 2 aromatic heterocycles. The summed E-state index contributed by atoms with van der Waals surface area (Å²) in [5.41, 5.74) is 1.32. The zero-order valence-corrected chi connectivity index (χ0v) is 11.6. The smallest absolute Gasteiger partial charge is 0.347 e. The molecule has 0 saturated carbocycles. The maximum Gasteiger partial charge on any atom is 0.347 e. The molecule has 19 heavy (non-hydrogen) atoms. The number of benzene rings is 1. The summed E-state index contributed by atoms with van der Waals surface area (Å²) in [6.07, 6.45) is 0.669. The van der Waals surface area contributed by atoms with E-state index in [4.69, 9.17) is 4.42 Å². The van der Waals surface area contributed by atoms with Crippen LogP contribution in [0.4, 0.5) is 0 Å². The van der Waals surface area contributed by atoms with Crippen LogP contribution in [0.15, 0.2) is 31.9 Å². The summed E-state index contributed by atoms with van der Waals surface area (Å²) in [7, 11) is 0. The molecule has 7 heteroatoms. The first-order chi connectivity index (χ1) is 9.20. The van der Waals surface area contributed by atoms with Crippen molar-refractivity contribution in [2.45, 2.75) is 13.3 Å². The fourth-order valence-electron chi connectivity index (χ4n) is 2.10.